The van der Waals surface area contributed by atoms with Gasteiger partial charge in [0.1, 0.15) is 5.75 Å². The smallest absolute Gasteiger partial charge is 0.426 e. The molecule has 3 rings (SSSR count). The third kappa shape index (κ3) is 7.31. The van der Waals surface area contributed by atoms with Crippen molar-refractivity contribution in [3.05, 3.63) is 59.2 Å². The van der Waals surface area contributed by atoms with Gasteiger partial charge in [-0.25, -0.2) is 8.78 Å². The van der Waals surface area contributed by atoms with E-state index in [4.69, 9.17) is 0 Å². The van der Waals surface area contributed by atoms with E-state index in [0.29, 0.717) is 18.1 Å². The number of halogens is 6. The highest BCUT2D eigenvalue weighted by Gasteiger charge is 2.35. The minimum Gasteiger partial charge on any atom is -0.429 e. The maximum absolute atomic E-state index is 14.5. The molecule has 0 atom stereocenters. The van der Waals surface area contributed by atoms with Gasteiger partial charge in [-0.15, -0.1) is 0 Å². The molecule has 8 heteroatoms. The van der Waals surface area contributed by atoms with Crippen molar-refractivity contribution in [3.8, 4) is 11.5 Å². The molecule has 1 aliphatic rings. The van der Waals surface area contributed by atoms with Gasteiger partial charge >= 0.3 is 12.7 Å². The first kappa shape index (κ1) is 26.2. The minimum atomic E-state index is -3.88. The molecule has 1 saturated carbocycles. The number of hydrogen-bond acceptors (Lipinski definition) is 2. The van der Waals surface area contributed by atoms with Crippen LogP contribution in [0.5, 0.6) is 11.5 Å². The largest absolute Gasteiger partial charge is 0.429 e. The summed E-state index contributed by atoms with van der Waals surface area (Å²) >= 11 is 0. The molecule has 0 heterocycles. The summed E-state index contributed by atoms with van der Waals surface area (Å²) in [6.07, 6.45) is 6.73. The molecule has 2 aromatic carbocycles. The fourth-order valence-corrected chi connectivity index (χ4v) is 4.54. The molecule has 0 spiro atoms. The molecule has 1 fully saturated rings. The van der Waals surface area contributed by atoms with E-state index in [2.05, 4.69) is 16.4 Å². The van der Waals surface area contributed by atoms with E-state index in [1.807, 2.05) is 0 Å². The maximum Gasteiger partial charge on any atom is 0.426 e. The molecule has 0 saturated heterocycles. The first-order chi connectivity index (χ1) is 16.2. The van der Waals surface area contributed by atoms with Crippen molar-refractivity contribution in [1.29, 1.82) is 0 Å². The van der Waals surface area contributed by atoms with Crippen LogP contribution in [-0.4, -0.2) is 6.61 Å². The first-order valence-corrected chi connectivity index (χ1v) is 11.8. The van der Waals surface area contributed by atoms with Crippen molar-refractivity contribution >= 4 is 0 Å². The molecule has 0 aliphatic heterocycles. The lowest BCUT2D eigenvalue weighted by Gasteiger charge is -2.28. The van der Waals surface area contributed by atoms with Crippen LogP contribution in [-0.2, 0) is 12.5 Å². The van der Waals surface area contributed by atoms with Crippen LogP contribution in [0.15, 0.2) is 36.4 Å². The first-order valence-electron chi connectivity index (χ1n) is 11.8. The molecular formula is C26H30F6O2. The summed E-state index contributed by atoms with van der Waals surface area (Å²) in [5.41, 5.74) is 0.444. The van der Waals surface area contributed by atoms with Crippen molar-refractivity contribution in [1.82, 2.24) is 0 Å². The van der Waals surface area contributed by atoms with Gasteiger partial charge in [0, 0.05) is 12.1 Å². The van der Waals surface area contributed by atoms with Crippen molar-refractivity contribution < 1.29 is 35.8 Å². The second-order valence-corrected chi connectivity index (χ2v) is 8.98. The Morgan fingerprint density at radius 1 is 0.912 bits per heavy atom. The van der Waals surface area contributed by atoms with Gasteiger partial charge in [0.25, 0.3) is 0 Å². The molecule has 0 aromatic heterocycles. The Morgan fingerprint density at radius 2 is 1.47 bits per heavy atom. The van der Waals surface area contributed by atoms with Gasteiger partial charge in [0.05, 0.1) is 5.56 Å². The van der Waals surface area contributed by atoms with Crippen LogP contribution in [0.1, 0.15) is 69.4 Å². The Balaban J connectivity index is 1.54. The predicted octanol–water partition coefficient (Wildman–Crippen LogP) is 8.62. The molecular weight excluding hydrogens is 458 g/mol. The highest BCUT2D eigenvalue weighted by molar-refractivity contribution is 5.36. The quantitative estimate of drug-likeness (QED) is 0.295. The Hall–Kier alpha value is -2.38. The summed E-state index contributed by atoms with van der Waals surface area (Å²) in [4.78, 5) is 0. The number of rotatable bonds is 11. The number of alkyl halides is 4. The Bertz CT molecular complexity index is 885. The van der Waals surface area contributed by atoms with E-state index in [1.165, 1.54) is 57.1 Å². The van der Waals surface area contributed by atoms with Gasteiger partial charge in [-0.3, -0.25) is 0 Å². The molecule has 0 amide bonds. The Labute approximate surface area is 196 Å². The number of benzene rings is 2. The summed E-state index contributed by atoms with van der Waals surface area (Å²) in [5, 5.41) is 0. The third-order valence-electron chi connectivity index (χ3n) is 6.49. The van der Waals surface area contributed by atoms with Crippen molar-refractivity contribution in [2.45, 2.75) is 77.4 Å². The summed E-state index contributed by atoms with van der Waals surface area (Å²) < 4.78 is 89.3. The average Bonchev–Trinajstić information content (AvgIpc) is 2.79. The molecule has 34 heavy (non-hydrogen) atoms. The van der Waals surface area contributed by atoms with Gasteiger partial charge in [-0.2, -0.15) is 17.6 Å². The summed E-state index contributed by atoms with van der Waals surface area (Å²) in [5.74, 6) is -3.84. The lowest BCUT2D eigenvalue weighted by molar-refractivity contribution is -0.185. The average molecular weight is 489 g/mol. The maximum atomic E-state index is 14.5. The van der Waals surface area contributed by atoms with Crippen molar-refractivity contribution in [2.24, 2.45) is 11.8 Å². The topological polar surface area (TPSA) is 18.5 Å². The summed E-state index contributed by atoms with van der Waals surface area (Å²) in [7, 11) is 0. The second kappa shape index (κ2) is 11.8. The number of aryl methyl sites for hydroxylation is 1. The standard InChI is InChI=1S/C26H30F6O2/c1-2-3-4-17-5-7-18(8-6-17)9-10-19-11-13-20(14-12-19)26(31,32)34-21-15-22(27)24(23(28)16-21)33-25(29)30/h11-18,25H,2-10H2,1H3/t17-,18-. The zero-order chi connectivity index (χ0) is 24.7. The van der Waals surface area contributed by atoms with E-state index in [-0.39, 0.29) is 0 Å². The monoisotopic (exact) mass is 488 g/mol. The van der Waals surface area contributed by atoms with Crippen molar-refractivity contribution in [2.75, 3.05) is 0 Å². The normalized spacial score (nSPS) is 18.8. The number of ether oxygens (including phenoxy) is 2. The van der Waals surface area contributed by atoms with Gasteiger partial charge in [-0.1, -0.05) is 64.0 Å². The fraction of sp³-hybridized carbons (Fsp3) is 0.538. The van der Waals surface area contributed by atoms with Crippen molar-refractivity contribution in [3.63, 3.8) is 0 Å². The van der Waals surface area contributed by atoms with Gasteiger partial charge in [0.2, 0.25) is 0 Å². The van der Waals surface area contributed by atoms with Crippen LogP contribution in [0.25, 0.3) is 0 Å². The van der Waals surface area contributed by atoms with E-state index >= 15 is 0 Å². The van der Waals surface area contributed by atoms with Gasteiger partial charge < -0.3 is 9.47 Å². The predicted molar refractivity (Wildman–Crippen MR) is 117 cm³/mol. The van der Waals surface area contributed by atoms with Crippen LogP contribution in [0.4, 0.5) is 26.3 Å². The molecule has 0 N–H and O–H groups in total. The lowest BCUT2D eigenvalue weighted by atomic mass is 9.78. The molecule has 0 unspecified atom stereocenters. The zero-order valence-corrected chi connectivity index (χ0v) is 19.1. The van der Waals surface area contributed by atoms with Crippen LogP contribution in [0, 0.1) is 23.5 Å². The highest BCUT2D eigenvalue weighted by Crippen LogP contribution is 2.36. The lowest BCUT2D eigenvalue weighted by Crippen LogP contribution is -2.22. The van der Waals surface area contributed by atoms with Gasteiger partial charge in [0.15, 0.2) is 17.4 Å². The van der Waals surface area contributed by atoms with Crippen LogP contribution in [0.2, 0.25) is 0 Å². The molecule has 0 radical (unpaired) electrons. The fourth-order valence-electron chi connectivity index (χ4n) is 4.54. The van der Waals surface area contributed by atoms with Crippen LogP contribution in [0.3, 0.4) is 0 Å². The molecule has 2 aromatic rings. The van der Waals surface area contributed by atoms with E-state index in [0.717, 1.165) is 24.3 Å². The van der Waals surface area contributed by atoms with E-state index in [1.54, 1.807) is 12.1 Å². The Kier molecular flexibility index (Phi) is 9.14. The van der Waals surface area contributed by atoms with Crippen LogP contribution < -0.4 is 9.47 Å². The zero-order valence-electron chi connectivity index (χ0n) is 19.1. The summed E-state index contributed by atoms with van der Waals surface area (Å²) in [6.45, 7) is -1.25. The number of hydrogen-bond donors (Lipinski definition) is 0. The van der Waals surface area contributed by atoms with Crippen LogP contribution >= 0.6 is 0 Å². The molecule has 0 bridgehead atoms. The second-order valence-electron chi connectivity index (χ2n) is 8.98. The summed E-state index contributed by atoms with van der Waals surface area (Å²) in [6, 6.07) is 6.39. The highest BCUT2D eigenvalue weighted by atomic mass is 19.3. The number of unbranched alkanes of at least 4 members (excludes halogenated alkanes) is 1. The SMILES string of the molecule is CCCC[C@H]1CC[C@H](CCc2ccc(C(F)(F)Oc3cc(F)c(OC(F)F)c(F)c3)cc2)CC1. The van der Waals surface area contributed by atoms with E-state index < -0.39 is 41.4 Å². The van der Waals surface area contributed by atoms with E-state index in [9.17, 15) is 26.3 Å². The molecule has 2 nitrogen and oxygen atoms in total. The van der Waals surface area contributed by atoms with Gasteiger partial charge in [-0.05, 0) is 42.4 Å². The third-order valence-corrected chi connectivity index (χ3v) is 6.49. The molecule has 188 valence electrons. The Morgan fingerprint density at radius 3 is 2.00 bits per heavy atom. The molecule has 1 aliphatic carbocycles. The minimum absolute atomic E-state index is 0.375.